The number of fused-ring (bicyclic) bond motifs is 4. The first-order chi connectivity index (χ1) is 15.5. The molecule has 3 atom stereocenters. The average molecular weight is 452 g/mol. The lowest BCUT2D eigenvalue weighted by atomic mass is 9.97. The Balaban J connectivity index is 1.25. The monoisotopic (exact) mass is 451 g/mol. The van der Waals surface area contributed by atoms with Crippen molar-refractivity contribution in [1.29, 1.82) is 0 Å². The Bertz CT molecular complexity index is 1550. The summed E-state index contributed by atoms with van der Waals surface area (Å²) < 4.78 is 36.0. The van der Waals surface area contributed by atoms with E-state index in [9.17, 15) is 8.42 Å². The summed E-state index contributed by atoms with van der Waals surface area (Å²) in [6.07, 6.45) is 4.90. The van der Waals surface area contributed by atoms with Gasteiger partial charge in [-0.3, -0.25) is 4.40 Å². The van der Waals surface area contributed by atoms with Crippen LogP contribution in [0.15, 0.2) is 47.2 Å². The molecule has 6 rings (SSSR count). The molecule has 32 heavy (non-hydrogen) atoms. The number of benzene rings is 1. The smallest absolute Gasteiger partial charge is 0.217 e. The highest BCUT2D eigenvalue weighted by atomic mass is 32.2. The molecular formula is C21H21N7O3S. The largest absolute Gasteiger partial charge is 0.356 e. The highest BCUT2D eigenvalue weighted by molar-refractivity contribution is 7.88. The summed E-state index contributed by atoms with van der Waals surface area (Å²) in [5.41, 5.74) is 3.36. The van der Waals surface area contributed by atoms with Gasteiger partial charge in [0, 0.05) is 23.5 Å². The molecule has 1 aliphatic rings. The summed E-state index contributed by atoms with van der Waals surface area (Å²) in [7, 11) is -3.59. The number of hydrogen-bond acceptors (Lipinski definition) is 7. The van der Waals surface area contributed by atoms with Gasteiger partial charge in [-0.1, -0.05) is 24.2 Å². The minimum Gasteiger partial charge on any atom is -0.356 e. The van der Waals surface area contributed by atoms with Crippen molar-refractivity contribution in [3.8, 4) is 0 Å². The molecular weight excluding hydrogens is 430 g/mol. The molecule has 0 bridgehead atoms. The van der Waals surface area contributed by atoms with Crippen molar-refractivity contribution in [3.63, 3.8) is 0 Å². The van der Waals surface area contributed by atoms with Gasteiger partial charge in [-0.05, 0) is 37.0 Å². The number of nitrogens with zero attached hydrogens (tertiary/aromatic N) is 5. The van der Waals surface area contributed by atoms with Crippen LogP contribution in [0.2, 0.25) is 0 Å². The van der Waals surface area contributed by atoms with E-state index < -0.39 is 10.0 Å². The van der Waals surface area contributed by atoms with Gasteiger partial charge in [0.25, 0.3) is 0 Å². The second-order valence-corrected chi connectivity index (χ2v) is 10.2. The first-order valence-electron chi connectivity index (χ1n) is 10.5. The molecule has 1 saturated carbocycles. The van der Waals surface area contributed by atoms with Gasteiger partial charge >= 0.3 is 0 Å². The Morgan fingerprint density at radius 2 is 2.09 bits per heavy atom. The Morgan fingerprint density at radius 3 is 3.00 bits per heavy atom. The van der Waals surface area contributed by atoms with Gasteiger partial charge < -0.3 is 9.51 Å². The van der Waals surface area contributed by atoms with Gasteiger partial charge in [0.15, 0.2) is 16.9 Å². The van der Waals surface area contributed by atoms with Crippen molar-refractivity contribution in [2.45, 2.75) is 37.5 Å². The van der Waals surface area contributed by atoms with Gasteiger partial charge in [0.05, 0.1) is 11.7 Å². The molecule has 1 aliphatic carbocycles. The molecule has 10 nitrogen and oxygen atoms in total. The Morgan fingerprint density at radius 1 is 1.22 bits per heavy atom. The first-order valence-corrected chi connectivity index (χ1v) is 12.1. The van der Waals surface area contributed by atoms with Crippen LogP contribution < -0.4 is 4.72 Å². The SMILES string of the molecule is C[C@@H]1C[C@H](NS(=O)(=O)Cc2noc3ccccc23)C[C@@H]1c1nnc2cnc3[nH]ccc3n12. The molecule has 0 spiro atoms. The fourth-order valence-corrected chi connectivity index (χ4v) is 6.21. The third-order valence-corrected chi connectivity index (χ3v) is 7.65. The van der Waals surface area contributed by atoms with Crippen molar-refractivity contribution in [1.82, 2.24) is 34.4 Å². The maximum Gasteiger partial charge on any atom is 0.217 e. The number of nitrogens with one attached hydrogen (secondary N) is 2. The molecule has 0 amide bonds. The summed E-state index contributed by atoms with van der Waals surface area (Å²) in [6.45, 7) is 2.13. The lowest BCUT2D eigenvalue weighted by Crippen LogP contribution is -2.34. The zero-order valence-corrected chi connectivity index (χ0v) is 18.1. The van der Waals surface area contributed by atoms with Crippen LogP contribution in [-0.4, -0.2) is 44.2 Å². The number of aromatic nitrogens is 6. The van der Waals surface area contributed by atoms with Crippen LogP contribution in [0, 0.1) is 5.92 Å². The van der Waals surface area contributed by atoms with Crippen LogP contribution in [-0.2, 0) is 15.8 Å². The number of sulfonamides is 1. The van der Waals surface area contributed by atoms with Crippen molar-refractivity contribution in [3.05, 3.63) is 54.2 Å². The molecule has 4 heterocycles. The van der Waals surface area contributed by atoms with Crippen LogP contribution in [0.4, 0.5) is 0 Å². The molecule has 0 radical (unpaired) electrons. The highest BCUT2D eigenvalue weighted by Crippen LogP contribution is 2.39. The third-order valence-electron chi connectivity index (χ3n) is 6.31. The topological polar surface area (TPSA) is 131 Å². The normalized spacial score (nSPS) is 21.8. The predicted octanol–water partition coefficient (Wildman–Crippen LogP) is 2.75. The molecule has 1 fully saturated rings. The molecule has 2 N–H and O–H groups in total. The number of hydrogen-bond donors (Lipinski definition) is 2. The fourth-order valence-electron chi connectivity index (χ4n) is 4.86. The summed E-state index contributed by atoms with van der Waals surface area (Å²) >= 11 is 0. The van der Waals surface area contributed by atoms with E-state index in [0.717, 1.165) is 28.8 Å². The standard InChI is InChI=1S/C21H21N7O3S/c1-12-8-13(27-32(29,30)11-16-14-4-2-3-5-18(14)31-26-16)9-15(12)21-25-24-19-10-23-20-17(28(19)21)6-7-22-20/h2-7,10,12-13,15,22,27H,8-9,11H2,1H3/t12-,13+,15+/m1/s1. The zero-order chi connectivity index (χ0) is 21.9. The molecule has 5 aromatic rings. The van der Waals surface area contributed by atoms with Gasteiger partial charge in [-0.25, -0.2) is 18.1 Å². The minimum absolute atomic E-state index is 0.0751. The number of para-hydroxylation sites is 1. The Labute approximate surface area is 183 Å². The van der Waals surface area contributed by atoms with Gasteiger partial charge in [0.2, 0.25) is 10.0 Å². The van der Waals surface area contributed by atoms with Crippen LogP contribution in [0.3, 0.4) is 0 Å². The Hall–Kier alpha value is -3.31. The van der Waals surface area contributed by atoms with Crippen LogP contribution in [0.25, 0.3) is 27.8 Å². The summed E-state index contributed by atoms with van der Waals surface area (Å²) in [4.78, 5) is 7.48. The predicted molar refractivity (Wildman–Crippen MR) is 117 cm³/mol. The van der Waals surface area contributed by atoms with Crippen LogP contribution in [0.5, 0.6) is 0 Å². The molecule has 164 valence electrons. The number of rotatable bonds is 5. The molecule has 0 aliphatic heterocycles. The van der Waals surface area contributed by atoms with E-state index in [4.69, 9.17) is 4.52 Å². The molecule has 11 heteroatoms. The van der Waals surface area contributed by atoms with Crippen LogP contribution >= 0.6 is 0 Å². The van der Waals surface area contributed by atoms with Crippen molar-refractivity contribution < 1.29 is 12.9 Å². The molecule has 0 unspecified atom stereocenters. The van der Waals surface area contributed by atoms with Gasteiger partial charge in [0.1, 0.15) is 17.3 Å². The van der Waals surface area contributed by atoms with Crippen molar-refractivity contribution in [2.75, 3.05) is 0 Å². The summed E-state index contributed by atoms with van der Waals surface area (Å²) in [5.74, 6) is 0.934. The van der Waals surface area contributed by atoms with E-state index in [1.54, 1.807) is 12.3 Å². The second kappa shape index (κ2) is 7.10. The van der Waals surface area contributed by atoms with E-state index in [1.165, 1.54) is 0 Å². The molecule has 0 saturated heterocycles. The maximum absolute atomic E-state index is 12.9. The van der Waals surface area contributed by atoms with E-state index in [2.05, 4.69) is 37.0 Å². The average Bonchev–Trinajstić information content (AvgIpc) is 3.53. The van der Waals surface area contributed by atoms with E-state index in [1.807, 2.05) is 34.9 Å². The zero-order valence-electron chi connectivity index (χ0n) is 17.3. The third kappa shape index (κ3) is 3.16. The number of aromatic amines is 1. The maximum atomic E-state index is 12.9. The first kappa shape index (κ1) is 19.4. The molecule has 1 aromatic carbocycles. The lowest BCUT2D eigenvalue weighted by Gasteiger charge is -2.14. The number of H-pyrrole nitrogens is 1. The summed E-state index contributed by atoms with van der Waals surface area (Å²) in [5, 5.41) is 13.4. The van der Waals surface area contributed by atoms with E-state index in [-0.39, 0.29) is 23.6 Å². The van der Waals surface area contributed by atoms with Crippen LogP contribution in [0.1, 0.15) is 37.2 Å². The Kier molecular flexibility index (Phi) is 4.30. The van der Waals surface area contributed by atoms with E-state index >= 15 is 0 Å². The quantitative estimate of drug-likeness (QED) is 0.420. The van der Waals surface area contributed by atoms with Crippen molar-refractivity contribution >= 4 is 37.8 Å². The van der Waals surface area contributed by atoms with Crippen molar-refractivity contribution in [2.24, 2.45) is 5.92 Å². The molecule has 4 aromatic heterocycles. The fraction of sp³-hybridized carbons (Fsp3) is 0.333. The van der Waals surface area contributed by atoms with E-state index in [0.29, 0.717) is 23.3 Å². The highest BCUT2D eigenvalue weighted by Gasteiger charge is 2.37. The van der Waals surface area contributed by atoms with Gasteiger partial charge in [-0.15, -0.1) is 10.2 Å². The minimum atomic E-state index is -3.59. The lowest BCUT2D eigenvalue weighted by molar-refractivity contribution is 0.448. The second-order valence-electron chi connectivity index (χ2n) is 8.48. The summed E-state index contributed by atoms with van der Waals surface area (Å²) in [6, 6.07) is 9.02. The van der Waals surface area contributed by atoms with Gasteiger partial charge in [-0.2, -0.15) is 0 Å².